The van der Waals surface area contributed by atoms with Crippen LogP contribution >= 0.6 is 0 Å². The Morgan fingerprint density at radius 2 is 1.80 bits per heavy atom. The van der Waals surface area contributed by atoms with Gasteiger partial charge in [-0.25, -0.2) is 8.42 Å². The summed E-state index contributed by atoms with van der Waals surface area (Å²) in [5.74, 6) is -0.999. The first-order chi connectivity index (χ1) is 9.26. The minimum atomic E-state index is -3.64. The van der Waals surface area contributed by atoms with Crippen molar-refractivity contribution in [3.63, 3.8) is 0 Å². The van der Waals surface area contributed by atoms with Crippen LogP contribution in [0, 0.1) is 11.3 Å². The van der Waals surface area contributed by atoms with Crippen molar-refractivity contribution >= 4 is 15.8 Å². The average Bonchev–Trinajstić information content (AvgIpc) is 2.37. The smallest absolute Gasteiger partial charge is 0.324 e. The fourth-order valence-electron chi connectivity index (χ4n) is 1.51. The van der Waals surface area contributed by atoms with E-state index < -0.39 is 21.1 Å². The topological polar surface area (TPSA) is 84.2 Å². The van der Waals surface area contributed by atoms with Crippen molar-refractivity contribution in [2.24, 2.45) is 0 Å². The van der Waals surface area contributed by atoms with Gasteiger partial charge in [0.15, 0.2) is 15.1 Å². The van der Waals surface area contributed by atoms with Crippen LogP contribution in [-0.4, -0.2) is 25.7 Å². The van der Waals surface area contributed by atoms with Crippen molar-refractivity contribution in [1.29, 1.82) is 5.26 Å². The second kappa shape index (κ2) is 6.53. The van der Waals surface area contributed by atoms with Crippen molar-refractivity contribution in [3.05, 3.63) is 35.4 Å². The van der Waals surface area contributed by atoms with E-state index in [4.69, 9.17) is 10.00 Å². The zero-order valence-electron chi connectivity index (χ0n) is 11.7. The first kappa shape index (κ1) is 16.2. The molecule has 0 saturated carbocycles. The lowest BCUT2D eigenvalue weighted by Gasteiger charge is -2.14. The molecule has 0 aliphatic carbocycles. The highest BCUT2D eigenvalue weighted by Crippen LogP contribution is 2.14. The highest BCUT2D eigenvalue weighted by molar-refractivity contribution is 7.92. The Morgan fingerprint density at radius 1 is 1.25 bits per heavy atom. The minimum absolute atomic E-state index is 0.257. The van der Waals surface area contributed by atoms with E-state index >= 15 is 0 Å². The van der Waals surface area contributed by atoms with Crippen LogP contribution in [0.3, 0.4) is 0 Å². The molecule has 0 N–H and O–H groups in total. The van der Waals surface area contributed by atoms with Gasteiger partial charge in [-0.2, -0.15) is 5.26 Å². The Labute approximate surface area is 119 Å². The van der Waals surface area contributed by atoms with Gasteiger partial charge in [0.2, 0.25) is 0 Å². The number of carbonyl (C=O) groups excluding carboxylic acids is 1. The molecule has 108 valence electrons. The zero-order chi connectivity index (χ0) is 15.3. The van der Waals surface area contributed by atoms with Gasteiger partial charge >= 0.3 is 5.97 Å². The summed E-state index contributed by atoms with van der Waals surface area (Å²) >= 11 is 0. The fraction of sp³-hybridized carbons (Fsp3) is 0.429. The predicted molar refractivity (Wildman–Crippen MR) is 74.5 cm³/mol. The van der Waals surface area contributed by atoms with E-state index in [9.17, 15) is 13.2 Å². The highest BCUT2D eigenvalue weighted by atomic mass is 32.2. The molecule has 0 bridgehead atoms. The Bertz CT molecular complexity index is 612. The van der Waals surface area contributed by atoms with Crippen molar-refractivity contribution < 1.29 is 17.9 Å². The molecule has 0 heterocycles. The molecule has 1 aromatic rings. The third-order valence-corrected chi connectivity index (χ3v) is 4.68. The molecule has 5 nitrogen and oxygen atoms in total. The number of benzene rings is 1. The standard InChI is InChI=1S/C14H17NO4S/c1-10(2)19-14(16)11(3)20(17,18)9-13-6-4-12(8-15)5-7-13/h4-7,10-11H,9H2,1-3H3. The minimum Gasteiger partial charge on any atom is -0.462 e. The molecule has 1 aromatic carbocycles. The average molecular weight is 295 g/mol. The molecule has 0 aliphatic heterocycles. The van der Waals surface area contributed by atoms with Crippen molar-refractivity contribution in [1.82, 2.24) is 0 Å². The lowest BCUT2D eigenvalue weighted by molar-refractivity contribution is -0.146. The summed E-state index contributed by atoms with van der Waals surface area (Å²) in [7, 11) is -3.64. The Balaban J connectivity index is 2.83. The lowest BCUT2D eigenvalue weighted by atomic mass is 10.2. The Kier molecular flexibility index (Phi) is 5.28. The largest absolute Gasteiger partial charge is 0.462 e. The van der Waals surface area contributed by atoms with Crippen LogP contribution in [0.5, 0.6) is 0 Å². The van der Waals surface area contributed by atoms with Gasteiger partial charge in [0.1, 0.15) is 0 Å². The summed E-state index contributed by atoms with van der Waals surface area (Å²) in [6.07, 6.45) is -0.352. The van der Waals surface area contributed by atoms with Gasteiger partial charge in [-0.15, -0.1) is 0 Å². The van der Waals surface area contributed by atoms with E-state index in [1.54, 1.807) is 38.1 Å². The monoisotopic (exact) mass is 295 g/mol. The maximum atomic E-state index is 12.1. The molecule has 0 saturated heterocycles. The van der Waals surface area contributed by atoms with Crippen LogP contribution in [0.1, 0.15) is 31.9 Å². The van der Waals surface area contributed by atoms with Crippen LogP contribution in [0.4, 0.5) is 0 Å². The molecule has 0 spiro atoms. The molecular formula is C14H17NO4S. The van der Waals surface area contributed by atoms with Gasteiger partial charge in [0.05, 0.1) is 23.5 Å². The quantitative estimate of drug-likeness (QED) is 0.773. The van der Waals surface area contributed by atoms with Crippen LogP contribution in [0.2, 0.25) is 0 Å². The second-order valence-corrected chi connectivity index (χ2v) is 7.07. The van der Waals surface area contributed by atoms with Crippen LogP contribution in [-0.2, 0) is 25.1 Å². The summed E-state index contributed by atoms with van der Waals surface area (Å²) in [4.78, 5) is 11.6. The summed E-state index contributed by atoms with van der Waals surface area (Å²) in [5.41, 5.74) is 0.992. The molecular weight excluding hydrogens is 278 g/mol. The lowest BCUT2D eigenvalue weighted by Crippen LogP contribution is -2.31. The number of rotatable bonds is 5. The number of ether oxygens (including phenoxy) is 1. The Morgan fingerprint density at radius 3 is 2.25 bits per heavy atom. The van der Waals surface area contributed by atoms with E-state index in [-0.39, 0.29) is 11.9 Å². The predicted octanol–water partition coefficient (Wildman–Crippen LogP) is 1.81. The second-order valence-electron chi connectivity index (χ2n) is 4.74. The molecule has 1 rings (SSSR count). The fourth-order valence-corrected chi connectivity index (χ4v) is 2.76. The van der Waals surface area contributed by atoms with Gasteiger partial charge in [-0.05, 0) is 38.5 Å². The summed E-state index contributed by atoms with van der Waals surface area (Å²) < 4.78 is 29.1. The van der Waals surface area contributed by atoms with Gasteiger partial charge < -0.3 is 4.74 Å². The molecule has 0 fully saturated rings. The number of esters is 1. The Hall–Kier alpha value is -1.87. The number of hydrogen-bond donors (Lipinski definition) is 0. The third kappa shape index (κ3) is 4.35. The summed E-state index contributed by atoms with van der Waals surface area (Å²) in [6, 6.07) is 8.18. The van der Waals surface area contributed by atoms with Gasteiger partial charge in [-0.3, -0.25) is 4.79 Å². The molecule has 6 heteroatoms. The van der Waals surface area contributed by atoms with Crippen molar-refractivity contribution in [3.8, 4) is 6.07 Å². The normalized spacial score (nSPS) is 12.8. The maximum absolute atomic E-state index is 12.1. The molecule has 0 radical (unpaired) electrons. The first-order valence-electron chi connectivity index (χ1n) is 6.17. The van der Waals surface area contributed by atoms with E-state index in [0.717, 1.165) is 0 Å². The molecule has 0 aromatic heterocycles. The number of carbonyl (C=O) groups is 1. The van der Waals surface area contributed by atoms with E-state index in [1.165, 1.54) is 6.92 Å². The van der Waals surface area contributed by atoms with Crippen molar-refractivity contribution in [2.75, 3.05) is 0 Å². The molecule has 1 atom stereocenters. The molecule has 0 amide bonds. The van der Waals surface area contributed by atoms with Gasteiger partial charge in [-0.1, -0.05) is 12.1 Å². The van der Waals surface area contributed by atoms with E-state index in [1.807, 2.05) is 6.07 Å². The molecule has 0 aliphatic rings. The first-order valence-corrected chi connectivity index (χ1v) is 7.89. The number of nitrogens with zero attached hydrogens (tertiary/aromatic N) is 1. The molecule has 1 unspecified atom stereocenters. The third-order valence-electron chi connectivity index (χ3n) is 2.67. The summed E-state index contributed by atoms with van der Waals surface area (Å²) in [6.45, 7) is 4.65. The van der Waals surface area contributed by atoms with Crippen LogP contribution in [0.25, 0.3) is 0 Å². The number of nitriles is 1. The maximum Gasteiger partial charge on any atom is 0.324 e. The van der Waals surface area contributed by atoms with Crippen molar-refractivity contribution in [2.45, 2.75) is 37.9 Å². The van der Waals surface area contributed by atoms with Gasteiger partial charge in [0, 0.05) is 0 Å². The zero-order valence-corrected chi connectivity index (χ0v) is 12.5. The van der Waals surface area contributed by atoms with Crippen LogP contribution < -0.4 is 0 Å². The van der Waals surface area contributed by atoms with E-state index in [2.05, 4.69) is 0 Å². The van der Waals surface area contributed by atoms with E-state index in [0.29, 0.717) is 11.1 Å². The highest BCUT2D eigenvalue weighted by Gasteiger charge is 2.30. The van der Waals surface area contributed by atoms with Crippen LogP contribution in [0.15, 0.2) is 24.3 Å². The number of sulfone groups is 1. The number of hydrogen-bond acceptors (Lipinski definition) is 5. The summed E-state index contributed by atoms with van der Waals surface area (Å²) in [5, 5.41) is 7.47. The van der Waals surface area contributed by atoms with Gasteiger partial charge in [0.25, 0.3) is 0 Å². The molecule has 20 heavy (non-hydrogen) atoms. The SMILES string of the molecule is CC(C)OC(=O)C(C)S(=O)(=O)Cc1ccc(C#N)cc1.